The summed E-state index contributed by atoms with van der Waals surface area (Å²) >= 11 is 0. The van der Waals surface area contributed by atoms with E-state index in [0.29, 0.717) is 12.3 Å². The summed E-state index contributed by atoms with van der Waals surface area (Å²) in [4.78, 5) is 11.3. The molecule has 0 bridgehead atoms. The van der Waals surface area contributed by atoms with E-state index in [9.17, 15) is 4.79 Å². The van der Waals surface area contributed by atoms with Crippen molar-refractivity contribution in [2.75, 3.05) is 11.9 Å². The third-order valence-electron chi connectivity index (χ3n) is 1.96. The molecule has 1 aromatic heterocycles. The first-order valence-electron chi connectivity index (χ1n) is 4.17. The molecule has 5 heteroatoms. The van der Waals surface area contributed by atoms with Gasteiger partial charge in [-0.3, -0.25) is 9.48 Å². The highest BCUT2D eigenvalue weighted by Crippen LogP contribution is 2.13. The fourth-order valence-electron chi connectivity index (χ4n) is 1.15. The third-order valence-corrected chi connectivity index (χ3v) is 1.96. The lowest BCUT2D eigenvalue weighted by molar-refractivity contribution is -0.139. The normalized spacial score (nSPS) is 20.8. The van der Waals surface area contributed by atoms with Crippen LogP contribution < -0.4 is 5.32 Å². The topological polar surface area (TPSA) is 56.2 Å². The summed E-state index contributed by atoms with van der Waals surface area (Å²) in [6.45, 7) is 0.686. The lowest BCUT2D eigenvalue weighted by atomic mass is 10.2. The molecule has 5 nitrogen and oxygen atoms in total. The molecule has 1 aliphatic rings. The van der Waals surface area contributed by atoms with Gasteiger partial charge in [0.2, 0.25) is 0 Å². The Labute approximate surface area is 75.7 Å². The molecular weight excluding hydrogens is 170 g/mol. The van der Waals surface area contributed by atoms with Crippen molar-refractivity contribution >= 4 is 11.6 Å². The summed E-state index contributed by atoms with van der Waals surface area (Å²) < 4.78 is 6.67. The Balaban J connectivity index is 1.93. The van der Waals surface area contributed by atoms with Crippen LogP contribution in [0.5, 0.6) is 0 Å². The maximum Gasteiger partial charge on any atom is 0.253 e. The van der Waals surface area contributed by atoms with Gasteiger partial charge in [0, 0.05) is 19.7 Å². The van der Waals surface area contributed by atoms with E-state index >= 15 is 0 Å². The van der Waals surface area contributed by atoms with Gasteiger partial charge in [-0.05, 0) is 0 Å². The molecule has 1 saturated heterocycles. The highest BCUT2D eigenvalue weighted by atomic mass is 16.5. The molecule has 1 aromatic rings. The van der Waals surface area contributed by atoms with Crippen molar-refractivity contribution in [3.05, 3.63) is 12.4 Å². The van der Waals surface area contributed by atoms with E-state index in [-0.39, 0.29) is 12.0 Å². The van der Waals surface area contributed by atoms with Gasteiger partial charge in [-0.25, -0.2) is 0 Å². The second kappa shape index (κ2) is 3.18. The van der Waals surface area contributed by atoms with Crippen LogP contribution in [0.15, 0.2) is 12.4 Å². The van der Waals surface area contributed by atoms with Crippen molar-refractivity contribution in [3.8, 4) is 0 Å². The van der Waals surface area contributed by atoms with E-state index in [2.05, 4.69) is 10.4 Å². The number of anilines is 1. The van der Waals surface area contributed by atoms with Gasteiger partial charge < -0.3 is 10.1 Å². The largest absolute Gasteiger partial charge is 0.368 e. The molecule has 0 aromatic carbocycles. The molecule has 70 valence electrons. The van der Waals surface area contributed by atoms with Crippen LogP contribution in [-0.2, 0) is 16.6 Å². The zero-order chi connectivity index (χ0) is 9.26. The highest BCUT2D eigenvalue weighted by molar-refractivity contribution is 5.94. The number of amides is 1. The molecule has 0 aliphatic carbocycles. The second-order valence-corrected chi connectivity index (χ2v) is 3.04. The molecule has 1 amide bonds. The molecule has 2 heterocycles. The van der Waals surface area contributed by atoms with E-state index in [1.54, 1.807) is 24.1 Å². The zero-order valence-electron chi connectivity index (χ0n) is 7.36. The summed E-state index contributed by atoms with van der Waals surface area (Å²) in [7, 11) is 1.80. The lowest BCUT2D eigenvalue weighted by Crippen LogP contribution is -2.38. The van der Waals surface area contributed by atoms with Gasteiger partial charge in [0.1, 0.15) is 6.10 Å². The number of aryl methyl sites for hydroxylation is 1. The molecule has 2 rings (SSSR count). The minimum absolute atomic E-state index is 0.0840. The molecule has 0 saturated carbocycles. The number of carbonyl (C=O) groups is 1. The Morgan fingerprint density at radius 2 is 2.62 bits per heavy atom. The van der Waals surface area contributed by atoms with E-state index in [0.717, 1.165) is 6.42 Å². The molecule has 1 unspecified atom stereocenters. The number of nitrogens with one attached hydrogen (secondary N) is 1. The molecule has 1 N–H and O–H groups in total. The molecule has 1 aliphatic heterocycles. The average molecular weight is 181 g/mol. The summed E-state index contributed by atoms with van der Waals surface area (Å²) in [5.74, 6) is -0.0840. The first-order valence-corrected chi connectivity index (χ1v) is 4.17. The molecule has 0 radical (unpaired) electrons. The van der Waals surface area contributed by atoms with Crippen LogP contribution in [0.25, 0.3) is 0 Å². The van der Waals surface area contributed by atoms with Crippen molar-refractivity contribution in [2.45, 2.75) is 12.5 Å². The van der Waals surface area contributed by atoms with Crippen molar-refractivity contribution < 1.29 is 9.53 Å². The van der Waals surface area contributed by atoms with Gasteiger partial charge in [0.05, 0.1) is 18.5 Å². The number of hydrogen-bond donors (Lipinski definition) is 1. The second-order valence-electron chi connectivity index (χ2n) is 3.04. The summed E-state index contributed by atoms with van der Waals surface area (Å²) in [5, 5.41) is 6.65. The predicted octanol–water partition coefficient (Wildman–Crippen LogP) is 0.147. The zero-order valence-corrected chi connectivity index (χ0v) is 7.36. The Morgan fingerprint density at radius 3 is 3.08 bits per heavy atom. The number of hydrogen-bond acceptors (Lipinski definition) is 3. The SMILES string of the molecule is Cn1cc(NC(=O)C2CCO2)cn1. The first-order chi connectivity index (χ1) is 6.25. The summed E-state index contributed by atoms with van der Waals surface area (Å²) in [5.41, 5.74) is 0.711. The van der Waals surface area contributed by atoms with Crippen molar-refractivity contribution in [1.29, 1.82) is 0 Å². The van der Waals surface area contributed by atoms with Crippen molar-refractivity contribution in [2.24, 2.45) is 7.05 Å². The van der Waals surface area contributed by atoms with Crippen molar-refractivity contribution in [3.63, 3.8) is 0 Å². The van der Waals surface area contributed by atoms with Gasteiger partial charge >= 0.3 is 0 Å². The number of nitrogens with zero attached hydrogens (tertiary/aromatic N) is 2. The standard InChI is InChI=1S/C8H11N3O2/c1-11-5-6(4-9-11)10-8(12)7-2-3-13-7/h4-5,7H,2-3H2,1H3,(H,10,12). The molecular formula is C8H11N3O2. The van der Waals surface area contributed by atoms with E-state index in [1.165, 1.54) is 0 Å². The van der Waals surface area contributed by atoms with Crippen LogP contribution in [0.2, 0.25) is 0 Å². The molecule has 13 heavy (non-hydrogen) atoms. The Kier molecular flexibility index (Phi) is 2.02. The van der Waals surface area contributed by atoms with Crippen LogP contribution in [0, 0.1) is 0 Å². The quantitative estimate of drug-likeness (QED) is 0.706. The Morgan fingerprint density at radius 1 is 1.85 bits per heavy atom. The van der Waals surface area contributed by atoms with Crippen LogP contribution in [0.4, 0.5) is 5.69 Å². The highest BCUT2D eigenvalue weighted by Gasteiger charge is 2.26. The molecule has 1 atom stereocenters. The van der Waals surface area contributed by atoms with E-state index in [4.69, 9.17) is 4.74 Å². The minimum atomic E-state index is -0.264. The van der Waals surface area contributed by atoms with E-state index in [1.807, 2.05) is 0 Å². The maximum atomic E-state index is 11.3. The Hall–Kier alpha value is -1.36. The van der Waals surface area contributed by atoms with Gasteiger partial charge in [-0.15, -0.1) is 0 Å². The lowest BCUT2D eigenvalue weighted by Gasteiger charge is -2.24. The van der Waals surface area contributed by atoms with Crippen LogP contribution in [0.1, 0.15) is 6.42 Å². The van der Waals surface area contributed by atoms with Gasteiger partial charge in [-0.2, -0.15) is 5.10 Å². The molecule has 1 fully saturated rings. The monoisotopic (exact) mass is 181 g/mol. The van der Waals surface area contributed by atoms with Gasteiger partial charge in [-0.1, -0.05) is 0 Å². The predicted molar refractivity (Wildman–Crippen MR) is 46.2 cm³/mol. The number of rotatable bonds is 2. The number of ether oxygens (including phenoxy) is 1. The van der Waals surface area contributed by atoms with Gasteiger partial charge in [0.15, 0.2) is 0 Å². The summed E-state index contributed by atoms with van der Waals surface area (Å²) in [6.07, 6.45) is 3.90. The average Bonchev–Trinajstić information content (AvgIpc) is 2.31. The fraction of sp³-hybridized carbons (Fsp3) is 0.500. The molecule has 0 spiro atoms. The fourth-order valence-corrected chi connectivity index (χ4v) is 1.15. The van der Waals surface area contributed by atoms with Crippen LogP contribution in [0.3, 0.4) is 0 Å². The maximum absolute atomic E-state index is 11.3. The van der Waals surface area contributed by atoms with Crippen LogP contribution in [-0.4, -0.2) is 28.4 Å². The van der Waals surface area contributed by atoms with Crippen molar-refractivity contribution in [1.82, 2.24) is 9.78 Å². The Bertz CT molecular complexity index is 317. The number of carbonyl (C=O) groups excluding carboxylic acids is 1. The van der Waals surface area contributed by atoms with Gasteiger partial charge in [0.25, 0.3) is 5.91 Å². The smallest absolute Gasteiger partial charge is 0.253 e. The third kappa shape index (κ3) is 1.70. The van der Waals surface area contributed by atoms with Crippen LogP contribution >= 0.6 is 0 Å². The van der Waals surface area contributed by atoms with E-state index < -0.39 is 0 Å². The minimum Gasteiger partial charge on any atom is -0.368 e. The first kappa shape index (κ1) is 8.25. The number of aromatic nitrogens is 2. The summed E-state index contributed by atoms with van der Waals surface area (Å²) in [6, 6.07) is 0.